The minimum absolute atomic E-state index is 0.0827. The molecule has 3 amide bonds. The first-order chi connectivity index (χ1) is 11.5. The molecule has 0 saturated carbocycles. The molecular weight excluding hydrogens is 320 g/mol. The first-order valence-electron chi connectivity index (χ1n) is 8.00. The number of rotatable bonds is 11. The Kier molecular flexibility index (Phi) is 9.44. The van der Waals surface area contributed by atoms with E-state index in [0.717, 1.165) is 0 Å². The standard InChI is InChI=1S/C15H24N2O7/c1-22-10-5-11-23-15(21)16-9-4-2-3-6-14(20)24-17-12(18)7-8-13(17)19/h2-11H2,1H3,(H,16,21). The fraction of sp³-hybridized carbons (Fsp3) is 0.733. The molecular formula is C15H24N2O7. The SMILES string of the molecule is COCCCOC(=O)NCCCCCC(=O)ON1C(=O)CCC1=O. The topological polar surface area (TPSA) is 111 Å². The van der Waals surface area contributed by atoms with Crippen LogP contribution in [-0.4, -0.2) is 55.8 Å². The smallest absolute Gasteiger partial charge is 0.407 e. The number of hydrogen-bond donors (Lipinski definition) is 1. The predicted molar refractivity (Wildman–Crippen MR) is 81.5 cm³/mol. The molecule has 0 aromatic rings. The first kappa shape index (κ1) is 19.9. The molecule has 1 fully saturated rings. The van der Waals surface area contributed by atoms with Crippen LogP contribution in [0.4, 0.5) is 4.79 Å². The van der Waals surface area contributed by atoms with Gasteiger partial charge in [-0.25, -0.2) is 9.59 Å². The lowest BCUT2D eigenvalue weighted by atomic mass is 10.2. The van der Waals surface area contributed by atoms with Crippen LogP contribution in [0.3, 0.4) is 0 Å². The van der Waals surface area contributed by atoms with Gasteiger partial charge in [0.2, 0.25) is 0 Å². The summed E-state index contributed by atoms with van der Waals surface area (Å²) in [5.41, 5.74) is 0. The molecule has 0 aromatic heterocycles. The number of carbonyl (C=O) groups excluding carboxylic acids is 4. The number of hydrogen-bond acceptors (Lipinski definition) is 7. The Bertz CT molecular complexity index is 437. The maximum atomic E-state index is 11.5. The minimum atomic E-state index is -0.607. The highest BCUT2D eigenvalue weighted by Gasteiger charge is 2.32. The van der Waals surface area contributed by atoms with E-state index in [4.69, 9.17) is 14.3 Å². The van der Waals surface area contributed by atoms with E-state index in [1.54, 1.807) is 7.11 Å². The number of unbranched alkanes of at least 4 members (excludes halogenated alkanes) is 2. The second kappa shape index (κ2) is 11.4. The zero-order valence-corrected chi connectivity index (χ0v) is 13.9. The van der Waals surface area contributed by atoms with Gasteiger partial charge in [0, 0.05) is 45.9 Å². The monoisotopic (exact) mass is 344 g/mol. The number of alkyl carbamates (subject to hydrolysis) is 1. The summed E-state index contributed by atoms with van der Waals surface area (Å²) < 4.78 is 9.74. The normalized spacial score (nSPS) is 14.0. The van der Waals surface area contributed by atoms with Crippen molar-refractivity contribution in [3.63, 3.8) is 0 Å². The fourth-order valence-electron chi connectivity index (χ4n) is 1.99. The average molecular weight is 344 g/mol. The Morgan fingerprint density at radius 1 is 1.04 bits per heavy atom. The van der Waals surface area contributed by atoms with Crippen LogP contribution >= 0.6 is 0 Å². The van der Waals surface area contributed by atoms with Gasteiger partial charge in [0.1, 0.15) is 0 Å². The van der Waals surface area contributed by atoms with Crippen molar-refractivity contribution in [2.75, 3.05) is 26.9 Å². The van der Waals surface area contributed by atoms with Crippen LogP contribution in [0.5, 0.6) is 0 Å². The molecule has 1 rings (SSSR count). The highest BCUT2D eigenvalue weighted by Crippen LogP contribution is 2.13. The van der Waals surface area contributed by atoms with E-state index in [9.17, 15) is 19.2 Å². The Labute approximate surface area is 140 Å². The van der Waals surface area contributed by atoms with Gasteiger partial charge in [0.25, 0.3) is 11.8 Å². The maximum Gasteiger partial charge on any atom is 0.407 e. The van der Waals surface area contributed by atoms with Gasteiger partial charge in [-0.1, -0.05) is 6.42 Å². The Balaban J connectivity index is 1.98. The van der Waals surface area contributed by atoms with E-state index in [-0.39, 0.29) is 19.3 Å². The van der Waals surface area contributed by atoms with Gasteiger partial charge in [-0.2, -0.15) is 0 Å². The summed E-state index contributed by atoms with van der Waals surface area (Å²) in [6, 6.07) is 0. The number of amides is 3. The summed E-state index contributed by atoms with van der Waals surface area (Å²) in [6.07, 6.45) is 2.37. The van der Waals surface area contributed by atoms with E-state index in [0.29, 0.717) is 50.5 Å². The molecule has 0 spiro atoms. The molecule has 9 heteroatoms. The Hall–Kier alpha value is -2.16. The second-order valence-corrected chi connectivity index (χ2v) is 5.26. The van der Waals surface area contributed by atoms with Crippen LogP contribution in [-0.2, 0) is 28.7 Å². The first-order valence-corrected chi connectivity index (χ1v) is 8.00. The van der Waals surface area contributed by atoms with Crippen molar-refractivity contribution in [1.82, 2.24) is 10.4 Å². The van der Waals surface area contributed by atoms with Crippen molar-refractivity contribution < 1.29 is 33.5 Å². The number of nitrogens with one attached hydrogen (secondary N) is 1. The number of nitrogens with zero attached hydrogens (tertiary/aromatic N) is 1. The van der Waals surface area contributed by atoms with E-state index < -0.39 is 23.9 Å². The molecule has 1 saturated heterocycles. The summed E-state index contributed by atoms with van der Waals surface area (Å²) in [5.74, 6) is -1.58. The minimum Gasteiger partial charge on any atom is -0.449 e. The van der Waals surface area contributed by atoms with E-state index in [1.165, 1.54) is 0 Å². The van der Waals surface area contributed by atoms with E-state index >= 15 is 0 Å². The number of hydroxylamine groups is 2. The van der Waals surface area contributed by atoms with Gasteiger partial charge < -0.3 is 19.6 Å². The van der Waals surface area contributed by atoms with Crippen molar-refractivity contribution in [2.45, 2.75) is 44.9 Å². The molecule has 0 aromatic carbocycles. The average Bonchev–Trinajstić information content (AvgIpc) is 2.86. The molecule has 0 unspecified atom stereocenters. The zero-order valence-electron chi connectivity index (χ0n) is 13.9. The van der Waals surface area contributed by atoms with Gasteiger partial charge in [-0.15, -0.1) is 5.06 Å². The van der Waals surface area contributed by atoms with Gasteiger partial charge >= 0.3 is 12.1 Å². The molecule has 0 aliphatic carbocycles. The number of methoxy groups -OCH3 is 1. The van der Waals surface area contributed by atoms with Gasteiger partial charge in [-0.3, -0.25) is 9.59 Å². The molecule has 136 valence electrons. The fourth-order valence-corrected chi connectivity index (χ4v) is 1.99. The quantitative estimate of drug-likeness (QED) is 0.438. The summed E-state index contributed by atoms with van der Waals surface area (Å²) in [7, 11) is 1.58. The molecule has 24 heavy (non-hydrogen) atoms. The number of ether oxygens (including phenoxy) is 2. The lowest BCUT2D eigenvalue weighted by molar-refractivity contribution is -0.197. The lowest BCUT2D eigenvalue weighted by Gasteiger charge is -2.12. The van der Waals surface area contributed by atoms with Crippen molar-refractivity contribution >= 4 is 23.9 Å². The second-order valence-electron chi connectivity index (χ2n) is 5.26. The highest BCUT2D eigenvalue weighted by molar-refractivity contribution is 6.01. The molecule has 1 heterocycles. The third-order valence-electron chi connectivity index (χ3n) is 3.25. The summed E-state index contributed by atoms with van der Waals surface area (Å²) in [6.45, 7) is 1.29. The van der Waals surface area contributed by atoms with Crippen LogP contribution in [0, 0.1) is 0 Å². The molecule has 1 aliphatic rings. The van der Waals surface area contributed by atoms with Crippen molar-refractivity contribution in [3.05, 3.63) is 0 Å². The maximum absolute atomic E-state index is 11.5. The molecule has 1 aliphatic heterocycles. The van der Waals surface area contributed by atoms with Crippen LogP contribution < -0.4 is 5.32 Å². The van der Waals surface area contributed by atoms with Gasteiger partial charge in [-0.05, 0) is 12.8 Å². The van der Waals surface area contributed by atoms with Gasteiger partial charge in [0.05, 0.1) is 6.61 Å². The summed E-state index contributed by atoms with van der Waals surface area (Å²) >= 11 is 0. The van der Waals surface area contributed by atoms with Crippen molar-refractivity contribution in [3.8, 4) is 0 Å². The molecule has 0 bridgehead atoms. The van der Waals surface area contributed by atoms with E-state index in [1.807, 2.05) is 0 Å². The predicted octanol–water partition coefficient (Wildman–Crippen LogP) is 0.917. The van der Waals surface area contributed by atoms with Crippen molar-refractivity contribution in [1.29, 1.82) is 0 Å². The Morgan fingerprint density at radius 2 is 1.75 bits per heavy atom. The molecule has 0 atom stereocenters. The number of carbonyl (C=O) groups is 4. The highest BCUT2D eigenvalue weighted by atomic mass is 16.7. The summed E-state index contributed by atoms with van der Waals surface area (Å²) in [4.78, 5) is 50.1. The molecule has 9 nitrogen and oxygen atoms in total. The largest absolute Gasteiger partial charge is 0.449 e. The van der Waals surface area contributed by atoms with E-state index in [2.05, 4.69) is 5.32 Å². The van der Waals surface area contributed by atoms with Crippen LogP contribution in [0.25, 0.3) is 0 Å². The summed E-state index contributed by atoms with van der Waals surface area (Å²) in [5, 5.41) is 3.15. The molecule has 1 N–H and O–H groups in total. The van der Waals surface area contributed by atoms with Crippen LogP contribution in [0.1, 0.15) is 44.9 Å². The van der Waals surface area contributed by atoms with Crippen LogP contribution in [0.15, 0.2) is 0 Å². The third-order valence-corrected chi connectivity index (χ3v) is 3.25. The van der Waals surface area contributed by atoms with Crippen molar-refractivity contribution in [2.24, 2.45) is 0 Å². The lowest BCUT2D eigenvalue weighted by Crippen LogP contribution is -2.32. The zero-order chi connectivity index (χ0) is 17.8. The molecule has 0 radical (unpaired) electrons. The third kappa shape index (κ3) is 7.91. The number of imide groups is 1. The Morgan fingerprint density at radius 3 is 2.42 bits per heavy atom. The van der Waals surface area contributed by atoms with Crippen LogP contribution in [0.2, 0.25) is 0 Å². The van der Waals surface area contributed by atoms with Gasteiger partial charge in [0.15, 0.2) is 0 Å².